The number of hydrogen-bond donors (Lipinski definition) is 0. The van der Waals surface area contributed by atoms with E-state index in [4.69, 9.17) is 0 Å². The molecule has 0 radical (unpaired) electrons. The van der Waals surface area contributed by atoms with Crippen molar-refractivity contribution in [3.05, 3.63) is 33.2 Å². The first kappa shape index (κ1) is 10.2. The van der Waals surface area contributed by atoms with Gasteiger partial charge in [0.15, 0.2) is 0 Å². The van der Waals surface area contributed by atoms with Gasteiger partial charge in [-0.05, 0) is 55.5 Å². The largest absolute Gasteiger partial charge is 0.209 e. The monoisotopic (exact) mass is 336 g/mol. The molecule has 2 aromatic rings. The highest BCUT2D eigenvalue weighted by Gasteiger charge is 2.13. The summed E-state index contributed by atoms with van der Waals surface area (Å²) >= 11 is 7.56. The van der Waals surface area contributed by atoms with Crippen molar-refractivity contribution in [3.63, 3.8) is 0 Å². The molecule has 0 fully saturated rings. The van der Waals surface area contributed by atoms with Crippen LogP contribution in [-0.2, 0) is 0 Å². The van der Waals surface area contributed by atoms with Crippen molar-refractivity contribution >= 4 is 43.4 Å². The van der Waals surface area contributed by atoms with Crippen LogP contribution in [0.15, 0.2) is 27.4 Å². The normalized spacial score (nSPS) is 10.5. The number of rotatable bonds is 1. The molecule has 0 saturated carbocycles. The first-order valence-electron chi connectivity index (χ1n) is 3.62. The Bertz CT molecular complexity index is 452. The summed E-state index contributed by atoms with van der Waals surface area (Å²) in [6, 6.07) is 4.81. The van der Waals surface area contributed by atoms with E-state index in [1.165, 1.54) is 6.07 Å². The van der Waals surface area contributed by atoms with E-state index in [1.807, 2.05) is 0 Å². The van der Waals surface area contributed by atoms with Crippen LogP contribution >= 0.6 is 43.4 Å². The van der Waals surface area contributed by atoms with Crippen molar-refractivity contribution in [1.29, 1.82) is 0 Å². The molecule has 0 aliphatic carbocycles. The zero-order valence-corrected chi connectivity index (χ0v) is 10.7. The molecule has 1 heterocycles. The van der Waals surface area contributed by atoms with Crippen LogP contribution in [0.3, 0.4) is 0 Å². The highest BCUT2D eigenvalue weighted by atomic mass is 79.9. The minimum atomic E-state index is -0.303. The topological polar surface area (TPSA) is 25.8 Å². The van der Waals surface area contributed by atoms with E-state index in [-0.39, 0.29) is 5.82 Å². The summed E-state index contributed by atoms with van der Waals surface area (Å²) in [5.74, 6) is -0.303. The van der Waals surface area contributed by atoms with E-state index in [0.29, 0.717) is 19.8 Å². The summed E-state index contributed by atoms with van der Waals surface area (Å²) in [4.78, 5) is 4.06. The maximum Gasteiger partial charge on any atom is 0.209 e. The highest BCUT2D eigenvalue weighted by Crippen LogP contribution is 2.32. The molecule has 0 bridgehead atoms. The van der Waals surface area contributed by atoms with Crippen LogP contribution in [0.25, 0.3) is 10.6 Å². The lowest BCUT2D eigenvalue weighted by atomic mass is 10.2. The Balaban J connectivity index is 2.61. The van der Waals surface area contributed by atoms with Gasteiger partial charge in [0, 0.05) is 4.47 Å². The zero-order valence-electron chi connectivity index (χ0n) is 6.67. The predicted molar refractivity (Wildman–Crippen MR) is 60.7 cm³/mol. The molecule has 0 unspecified atom stereocenters. The van der Waals surface area contributed by atoms with Gasteiger partial charge in [0.05, 0.1) is 5.56 Å². The van der Waals surface area contributed by atoms with Crippen LogP contribution in [0, 0.1) is 5.82 Å². The molecule has 1 aromatic heterocycles. The van der Waals surface area contributed by atoms with Crippen LogP contribution in [0.1, 0.15) is 0 Å². The molecule has 1 aromatic carbocycles. The van der Waals surface area contributed by atoms with Gasteiger partial charge >= 0.3 is 0 Å². The zero-order chi connectivity index (χ0) is 10.1. The first-order chi connectivity index (χ1) is 6.68. The van der Waals surface area contributed by atoms with Gasteiger partial charge in [-0.2, -0.15) is 4.37 Å². The van der Waals surface area contributed by atoms with Crippen LogP contribution in [0.4, 0.5) is 4.39 Å². The van der Waals surface area contributed by atoms with Crippen molar-refractivity contribution in [3.8, 4) is 10.6 Å². The Labute approximate surface area is 101 Å². The van der Waals surface area contributed by atoms with Gasteiger partial charge in [-0.1, -0.05) is 6.07 Å². The van der Waals surface area contributed by atoms with Crippen molar-refractivity contribution in [1.82, 2.24) is 9.36 Å². The highest BCUT2D eigenvalue weighted by molar-refractivity contribution is 9.10. The summed E-state index contributed by atoms with van der Waals surface area (Å²) in [5, 5.41) is 0.557. The van der Waals surface area contributed by atoms with Gasteiger partial charge in [0.25, 0.3) is 0 Å². The van der Waals surface area contributed by atoms with Crippen LogP contribution in [0.2, 0.25) is 0 Å². The molecule has 0 saturated heterocycles. The standard InChI is InChI=1S/C8H3Br2FN2S/c9-4-2-1-3-5(11)6(4)7-12-8(10)13-14-7/h1-3H. The lowest BCUT2D eigenvalue weighted by Crippen LogP contribution is -1.84. The van der Waals surface area contributed by atoms with E-state index in [1.54, 1.807) is 12.1 Å². The number of nitrogens with zero attached hydrogens (tertiary/aromatic N) is 2. The van der Waals surface area contributed by atoms with E-state index in [9.17, 15) is 4.39 Å². The molecular formula is C8H3Br2FN2S. The third kappa shape index (κ3) is 1.87. The number of benzene rings is 1. The molecular weight excluding hydrogens is 335 g/mol. The summed E-state index contributed by atoms with van der Waals surface area (Å²) in [6.45, 7) is 0. The van der Waals surface area contributed by atoms with Crippen molar-refractivity contribution in [2.24, 2.45) is 0 Å². The third-order valence-corrected chi connectivity index (χ3v) is 3.56. The molecule has 2 nitrogen and oxygen atoms in total. The molecule has 0 aliphatic heterocycles. The van der Waals surface area contributed by atoms with Crippen molar-refractivity contribution in [2.75, 3.05) is 0 Å². The predicted octanol–water partition coefficient (Wildman–Crippen LogP) is 3.87. The smallest absolute Gasteiger partial charge is 0.209 e. The maximum atomic E-state index is 13.4. The molecule has 14 heavy (non-hydrogen) atoms. The second-order valence-electron chi connectivity index (χ2n) is 2.47. The van der Waals surface area contributed by atoms with Crippen LogP contribution in [0.5, 0.6) is 0 Å². The quantitative estimate of drug-likeness (QED) is 0.789. The number of hydrogen-bond acceptors (Lipinski definition) is 3. The Morgan fingerprint density at radius 1 is 1.29 bits per heavy atom. The molecule has 0 amide bonds. The van der Waals surface area contributed by atoms with E-state index in [0.717, 1.165) is 11.5 Å². The summed E-state index contributed by atoms with van der Waals surface area (Å²) < 4.78 is 18.5. The van der Waals surface area contributed by atoms with Gasteiger partial charge in [-0.25, -0.2) is 9.37 Å². The first-order valence-corrected chi connectivity index (χ1v) is 5.98. The fourth-order valence-electron chi connectivity index (χ4n) is 1.01. The van der Waals surface area contributed by atoms with Gasteiger partial charge in [0.1, 0.15) is 10.8 Å². The Morgan fingerprint density at radius 3 is 2.64 bits per heavy atom. The fraction of sp³-hybridized carbons (Fsp3) is 0. The van der Waals surface area contributed by atoms with Crippen molar-refractivity contribution < 1.29 is 4.39 Å². The number of aromatic nitrogens is 2. The maximum absolute atomic E-state index is 13.4. The Morgan fingerprint density at radius 2 is 2.07 bits per heavy atom. The van der Waals surface area contributed by atoms with Gasteiger partial charge in [-0.3, -0.25) is 0 Å². The van der Waals surface area contributed by atoms with Gasteiger partial charge < -0.3 is 0 Å². The lowest BCUT2D eigenvalue weighted by Gasteiger charge is -2.00. The van der Waals surface area contributed by atoms with Crippen LogP contribution < -0.4 is 0 Å². The molecule has 2 rings (SSSR count). The Hall–Kier alpha value is -0.330. The van der Waals surface area contributed by atoms with Gasteiger partial charge in [-0.15, -0.1) is 0 Å². The molecule has 0 spiro atoms. The van der Waals surface area contributed by atoms with E-state index < -0.39 is 0 Å². The minimum Gasteiger partial charge on any atom is -0.209 e. The molecule has 6 heteroatoms. The van der Waals surface area contributed by atoms with Crippen molar-refractivity contribution in [2.45, 2.75) is 0 Å². The average molecular weight is 338 g/mol. The fourth-order valence-corrected chi connectivity index (χ4v) is 2.81. The SMILES string of the molecule is Fc1cccc(Br)c1-c1nc(Br)ns1. The third-order valence-electron chi connectivity index (χ3n) is 1.58. The molecule has 0 N–H and O–H groups in total. The number of halogens is 3. The second kappa shape index (κ2) is 4.04. The summed E-state index contributed by atoms with van der Waals surface area (Å²) in [7, 11) is 0. The Kier molecular flexibility index (Phi) is 2.94. The molecule has 0 aliphatic rings. The minimum absolute atomic E-state index is 0.303. The lowest BCUT2D eigenvalue weighted by molar-refractivity contribution is 0.630. The van der Waals surface area contributed by atoms with Gasteiger partial charge in [0.2, 0.25) is 4.73 Å². The average Bonchev–Trinajstić information content (AvgIpc) is 2.51. The summed E-state index contributed by atoms with van der Waals surface area (Å²) in [6.07, 6.45) is 0. The van der Waals surface area contributed by atoms with E-state index >= 15 is 0 Å². The van der Waals surface area contributed by atoms with E-state index in [2.05, 4.69) is 41.2 Å². The van der Waals surface area contributed by atoms with Crippen LogP contribution in [-0.4, -0.2) is 9.36 Å². The molecule has 72 valence electrons. The summed E-state index contributed by atoms with van der Waals surface area (Å²) in [5.41, 5.74) is 0.454. The molecule has 0 atom stereocenters. The second-order valence-corrected chi connectivity index (χ2v) is 4.78.